The number of hydrogen-bond acceptors (Lipinski definition) is 5. The predicted octanol–water partition coefficient (Wildman–Crippen LogP) is 5.88. The molecule has 32 heavy (non-hydrogen) atoms. The van der Waals surface area contributed by atoms with E-state index in [-0.39, 0.29) is 23.4 Å². The minimum Gasteiger partial charge on any atom is -0.485 e. The lowest BCUT2D eigenvalue weighted by atomic mass is 10.0. The first kappa shape index (κ1) is 20.1. The van der Waals surface area contributed by atoms with Crippen LogP contribution in [0.1, 0.15) is 33.2 Å². The lowest BCUT2D eigenvalue weighted by Crippen LogP contribution is -2.18. The highest BCUT2D eigenvalue weighted by Crippen LogP contribution is 2.36. The molecule has 2 aliphatic rings. The van der Waals surface area contributed by atoms with E-state index in [0.29, 0.717) is 21.9 Å². The molecule has 0 saturated carbocycles. The molecule has 3 aromatic rings. The highest BCUT2D eigenvalue weighted by atomic mass is 35.5. The first-order chi connectivity index (χ1) is 15.5. The van der Waals surface area contributed by atoms with Gasteiger partial charge in [0.2, 0.25) is 5.78 Å². The summed E-state index contributed by atoms with van der Waals surface area (Å²) < 4.78 is 17.2. The number of ether oxygens (including phenoxy) is 3. The van der Waals surface area contributed by atoms with Crippen LogP contribution in [0.2, 0.25) is 5.02 Å². The Balaban J connectivity index is 1.38. The average Bonchev–Trinajstić information content (AvgIpc) is 3.09. The predicted molar refractivity (Wildman–Crippen MR) is 120 cm³/mol. The normalized spacial score (nSPS) is 17.7. The highest BCUT2D eigenvalue weighted by molar-refractivity contribution is 6.30. The van der Waals surface area contributed by atoms with E-state index in [9.17, 15) is 9.59 Å². The second kappa shape index (κ2) is 8.02. The molecule has 0 aliphatic carbocycles. The van der Waals surface area contributed by atoms with Crippen molar-refractivity contribution < 1.29 is 23.8 Å². The van der Waals surface area contributed by atoms with E-state index in [2.05, 4.69) is 0 Å². The van der Waals surface area contributed by atoms with Crippen molar-refractivity contribution in [3.63, 3.8) is 0 Å². The van der Waals surface area contributed by atoms with Gasteiger partial charge in [0.05, 0.1) is 11.1 Å². The average molecular weight is 445 g/mol. The first-order valence-corrected chi connectivity index (χ1v) is 10.4. The second-order valence-electron chi connectivity index (χ2n) is 7.44. The van der Waals surface area contributed by atoms with Gasteiger partial charge in [0.1, 0.15) is 23.4 Å². The van der Waals surface area contributed by atoms with Crippen molar-refractivity contribution in [1.82, 2.24) is 0 Å². The number of ketones is 1. The number of hydrogen-bond donors (Lipinski definition) is 0. The number of halogens is 1. The van der Waals surface area contributed by atoms with E-state index < -0.39 is 5.97 Å². The van der Waals surface area contributed by atoms with Crippen LogP contribution < -0.4 is 14.2 Å². The van der Waals surface area contributed by atoms with Crippen molar-refractivity contribution in [2.24, 2.45) is 0 Å². The lowest BCUT2D eigenvalue weighted by Gasteiger charge is -2.22. The van der Waals surface area contributed by atoms with Gasteiger partial charge in [-0.3, -0.25) is 4.79 Å². The maximum atomic E-state index is 12.8. The van der Waals surface area contributed by atoms with Gasteiger partial charge in [-0.25, -0.2) is 4.79 Å². The standard InChI is InChI=1S/C26H17ClO5/c1-15-18(12-17-4-2-3-5-22(17)30-15)13-24-25(28)21-11-10-20(14-23(21)32-24)31-26(29)16-6-8-19(27)9-7-16/h2-15H,1H3/b24-13-/t15-/m0/s1. The van der Waals surface area contributed by atoms with Crippen molar-refractivity contribution in [2.75, 3.05) is 0 Å². The van der Waals surface area contributed by atoms with Crippen LogP contribution >= 0.6 is 11.6 Å². The second-order valence-corrected chi connectivity index (χ2v) is 7.87. The number of allylic oxidation sites excluding steroid dienone is 1. The monoisotopic (exact) mass is 444 g/mol. The molecule has 3 aromatic carbocycles. The van der Waals surface area contributed by atoms with Crippen LogP contribution in [0.5, 0.6) is 17.2 Å². The zero-order valence-electron chi connectivity index (χ0n) is 17.0. The van der Waals surface area contributed by atoms with Gasteiger partial charge in [-0.1, -0.05) is 29.8 Å². The molecule has 0 spiro atoms. The smallest absolute Gasteiger partial charge is 0.343 e. The number of fused-ring (bicyclic) bond motifs is 2. The van der Waals surface area contributed by atoms with E-state index >= 15 is 0 Å². The lowest BCUT2D eigenvalue weighted by molar-refractivity contribution is 0.0734. The third-order valence-electron chi connectivity index (χ3n) is 5.24. The summed E-state index contributed by atoms with van der Waals surface area (Å²) in [5, 5.41) is 0.529. The van der Waals surface area contributed by atoms with Gasteiger partial charge >= 0.3 is 5.97 Å². The highest BCUT2D eigenvalue weighted by Gasteiger charge is 2.29. The zero-order valence-corrected chi connectivity index (χ0v) is 17.8. The van der Waals surface area contributed by atoms with Crippen molar-refractivity contribution >= 4 is 29.4 Å². The van der Waals surface area contributed by atoms with Crippen LogP contribution in [0.15, 0.2) is 84.1 Å². The number of rotatable bonds is 3. The molecule has 2 heterocycles. The Hall–Kier alpha value is -3.83. The van der Waals surface area contributed by atoms with Crippen LogP contribution in [-0.4, -0.2) is 17.9 Å². The summed E-state index contributed by atoms with van der Waals surface area (Å²) in [6.07, 6.45) is 3.45. The van der Waals surface area contributed by atoms with Crippen molar-refractivity contribution in [3.8, 4) is 17.2 Å². The Morgan fingerprint density at radius 3 is 2.62 bits per heavy atom. The summed E-state index contributed by atoms with van der Waals surface area (Å²) in [7, 11) is 0. The first-order valence-electron chi connectivity index (χ1n) is 10.0. The number of benzene rings is 3. The summed E-state index contributed by atoms with van der Waals surface area (Å²) in [5.74, 6) is 0.855. The molecule has 6 heteroatoms. The molecule has 0 fully saturated rings. The fraction of sp³-hybridized carbons (Fsp3) is 0.0769. The maximum absolute atomic E-state index is 12.8. The molecule has 2 aliphatic heterocycles. The zero-order chi connectivity index (χ0) is 22.2. The molecule has 5 rings (SSSR count). The van der Waals surface area contributed by atoms with E-state index in [0.717, 1.165) is 16.9 Å². The van der Waals surface area contributed by atoms with Gasteiger partial charge in [-0.2, -0.15) is 0 Å². The summed E-state index contributed by atoms with van der Waals surface area (Å²) >= 11 is 5.85. The molecular weight excluding hydrogens is 428 g/mol. The van der Waals surface area contributed by atoms with Crippen molar-refractivity contribution in [2.45, 2.75) is 13.0 Å². The Labute approximate surface area is 189 Å². The molecule has 5 nitrogen and oxygen atoms in total. The SMILES string of the molecule is C[C@@H]1Oc2ccccc2C=C1/C=C1\Oc2cc(OC(=O)c3ccc(Cl)cc3)ccc2C1=O. The minimum atomic E-state index is -0.529. The van der Waals surface area contributed by atoms with Gasteiger partial charge in [-0.15, -0.1) is 0 Å². The molecule has 0 aromatic heterocycles. The van der Waals surface area contributed by atoms with Gasteiger partial charge in [0, 0.05) is 16.7 Å². The number of esters is 1. The Kier molecular flexibility index (Phi) is 5.04. The third-order valence-corrected chi connectivity index (χ3v) is 5.50. The van der Waals surface area contributed by atoms with Gasteiger partial charge in [0.15, 0.2) is 5.76 Å². The topological polar surface area (TPSA) is 61.8 Å². The summed E-state index contributed by atoms with van der Waals surface area (Å²) in [4.78, 5) is 25.2. The fourth-order valence-corrected chi connectivity index (χ4v) is 3.68. The number of carbonyl (C=O) groups excluding carboxylic acids is 2. The van der Waals surface area contributed by atoms with Crippen LogP contribution in [-0.2, 0) is 0 Å². The van der Waals surface area contributed by atoms with Crippen LogP contribution in [0.4, 0.5) is 0 Å². The summed E-state index contributed by atoms with van der Waals surface area (Å²) in [5.41, 5.74) is 2.55. The number of Topliss-reactive ketones (excluding diaryl/α,β-unsaturated/α-hetero) is 1. The van der Waals surface area contributed by atoms with Gasteiger partial charge < -0.3 is 14.2 Å². The molecular formula is C26H17ClO5. The summed E-state index contributed by atoms with van der Waals surface area (Å²) in [6, 6.07) is 18.8. The van der Waals surface area contributed by atoms with Gasteiger partial charge in [-0.05, 0) is 67.1 Å². The van der Waals surface area contributed by atoms with E-state index in [4.69, 9.17) is 25.8 Å². The molecule has 0 N–H and O–H groups in total. The maximum Gasteiger partial charge on any atom is 0.343 e. The largest absolute Gasteiger partial charge is 0.485 e. The Bertz CT molecular complexity index is 1300. The van der Waals surface area contributed by atoms with Crippen LogP contribution in [0.3, 0.4) is 0 Å². The molecule has 0 bridgehead atoms. The quantitative estimate of drug-likeness (QED) is 0.286. The van der Waals surface area contributed by atoms with Crippen molar-refractivity contribution in [1.29, 1.82) is 0 Å². The van der Waals surface area contributed by atoms with Crippen LogP contribution in [0.25, 0.3) is 6.08 Å². The van der Waals surface area contributed by atoms with E-state index in [1.54, 1.807) is 42.5 Å². The van der Waals surface area contributed by atoms with Crippen molar-refractivity contribution in [3.05, 3.63) is 106 Å². The Morgan fingerprint density at radius 2 is 1.81 bits per heavy atom. The number of para-hydroxylation sites is 1. The molecule has 158 valence electrons. The molecule has 0 unspecified atom stereocenters. The Morgan fingerprint density at radius 1 is 1.03 bits per heavy atom. The van der Waals surface area contributed by atoms with Crippen LogP contribution in [0, 0.1) is 0 Å². The van der Waals surface area contributed by atoms with Gasteiger partial charge in [0.25, 0.3) is 0 Å². The fourth-order valence-electron chi connectivity index (χ4n) is 3.56. The summed E-state index contributed by atoms with van der Waals surface area (Å²) in [6.45, 7) is 1.92. The molecule has 0 radical (unpaired) electrons. The molecule has 1 atom stereocenters. The minimum absolute atomic E-state index is 0.197. The molecule has 0 saturated heterocycles. The number of carbonyl (C=O) groups is 2. The molecule has 0 amide bonds. The van der Waals surface area contributed by atoms with E-state index in [1.807, 2.05) is 37.3 Å². The van der Waals surface area contributed by atoms with E-state index in [1.165, 1.54) is 6.07 Å². The third kappa shape index (κ3) is 3.79.